The molecule has 0 bridgehead atoms. The standard InChI is InChI=1S/C15H27N3O2/c1-12(19)18-9-3-13(4-10-18)11-17-7-5-14(6-8-17)15(20)16-2/h13-14H,3-11H2,1-2H3,(H,16,20). The van der Waals surface area contributed by atoms with Gasteiger partial charge in [-0.05, 0) is 44.7 Å². The number of carbonyl (C=O) groups excluding carboxylic acids is 2. The summed E-state index contributed by atoms with van der Waals surface area (Å²) in [5, 5.41) is 2.75. The first-order valence-corrected chi connectivity index (χ1v) is 7.79. The molecule has 0 unspecified atom stereocenters. The molecule has 0 saturated carbocycles. The maximum absolute atomic E-state index is 11.6. The van der Waals surface area contributed by atoms with Crippen LogP contribution in [0.2, 0.25) is 0 Å². The predicted octanol–water partition coefficient (Wildman–Crippen LogP) is 0.703. The molecular formula is C15H27N3O2. The third-order valence-corrected chi connectivity index (χ3v) is 4.78. The molecule has 20 heavy (non-hydrogen) atoms. The molecule has 2 saturated heterocycles. The first-order chi connectivity index (χ1) is 9.60. The topological polar surface area (TPSA) is 52.7 Å². The molecule has 5 nitrogen and oxygen atoms in total. The molecule has 114 valence electrons. The van der Waals surface area contributed by atoms with Gasteiger partial charge in [0.1, 0.15) is 0 Å². The second kappa shape index (κ2) is 7.07. The van der Waals surface area contributed by atoms with E-state index in [1.807, 2.05) is 4.90 Å². The van der Waals surface area contributed by atoms with Crippen molar-refractivity contribution in [3.05, 3.63) is 0 Å². The Morgan fingerprint density at radius 2 is 1.65 bits per heavy atom. The summed E-state index contributed by atoms with van der Waals surface area (Å²) >= 11 is 0. The lowest BCUT2D eigenvalue weighted by molar-refractivity contribution is -0.130. The summed E-state index contributed by atoms with van der Waals surface area (Å²) < 4.78 is 0. The SMILES string of the molecule is CNC(=O)C1CCN(CC2CCN(C(C)=O)CC2)CC1. The van der Waals surface area contributed by atoms with Crippen molar-refractivity contribution in [2.45, 2.75) is 32.6 Å². The van der Waals surface area contributed by atoms with Gasteiger partial charge in [0.15, 0.2) is 0 Å². The van der Waals surface area contributed by atoms with E-state index in [0.29, 0.717) is 5.92 Å². The number of amides is 2. The normalized spacial score (nSPS) is 22.8. The van der Waals surface area contributed by atoms with Crippen molar-refractivity contribution >= 4 is 11.8 Å². The van der Waals surface area contributed by atoms with Crippen molar-refractivity contribution in [1.82, 2.24) is 15.1 Å². The molecule has 2 amide bonds. The number of hydrogen-bond acceptors (Lipinski definition) is 3. The zero-order chi connectivity index (χ0) is 14.5. The van der Waals surface area contributed by atoms with Crippen LogP contribution in [0.25, 0.3) is 0 Å². The molecule has 0 spiro atoms. The van der Waals surface area contributed by atoms with Crippen molar-refractivity contribution in [3.8, 4) is 0 Å². The van der Waals surface area contributed by atoms with E-state index in [0.717, 1.165) is 58.4 Å². The molecule has 0 radical (unpaired) electrons. The van der Waals surface area contributed by atoms with Gasteiger partial charge in [-0.2, -0.15) is 0 Å². The molecule has 5 heteroatoms. The average Bonchev–Trinajstić information content (AvgIpc) is 2.48. The molecule has 0 aromatic heterocycles. The molecule has 2 heterocycles. The lowest BCUT2D eigenvalue weighted by atomic mass is 9.92. The van der Waals surface area contributed by atoms with Crippen LogP contribution in [0.1, 0.15) is 32.6 Å². The first kappa shape index (κ1) is 15.3. The van der Waals surface area contributed by atoms with Crippen molar-refractivity contribution in [3.63, 3.8) is 0 Å². The van der Waals surface area contributed by atoms with E-state index in [1.165, 1.54) is 0 Å². The van der Waals surface area contributed by atoms with E-state index in [9.17, 15) is 9.59 Å². The van der Waals surface area contributed by atoms with Gasteiger partial charge in [-0.3, -0.25) is 9.59 Å². The highest BCUT2D eigenvalue weighted by Crippen LogP contribution is 2.22. The van der Waals surface area contributed by atoms with Crippen LogP contribution >= 0.6 is 0 Å². The minimum atomic E-state index is 0.194. The third-order valence-electron chi connectivity index (χ3n) is 4.78. The second-order valence-corrected chi connectivity index (χ2v) is 6.14. The summed E-state index contributed by atoms with van der Waals surface area (Å²) in [5.41, 5.74) is 0. The molecule has 2 rings (SSSR count). The van der Waals surface area contributed by atoms with Gasteiger partial charge in [-0.15, -0.1) is 0 Å². The Hall–Kier alpha value is -1.10. The maximum atomic E-state index is 11.6. The number of carbonyl (C=O) groups is 2. The fraction of sp³-hybridized carbons (Fsp3) is 0.867. The molecule has 2 fully saturated rings. The first-order valence-electron chi connectivity index (χ1n) is 7.79. The molecule has 0 atom stereocenters. The van der Waals surface area contributed by atoms with Crippen LogP contribution in [0.3, 0.4) is 0 Å². The van der Waals surface area contributed by atoms with Crippen LogP contribution in [0, 0.1) is 11.8 Å². The predicted molar refractivity (Wildman–Crippen MR) is 78.2 cm³/mol. The number of rotatable bonds is 3. The largest absolute Gasteiger partial charge is 0.359 e. The summed E-state index contributed by atoms with van der Waals surface area (Å²) in [6.45, 7) is 6.68. The van der Waals surface area contributed by atoms with Crippen LogP contribution in [-0.2, 0) is 9.59 Å². The van der Waals surface area contributed by atoms with Crippen molar-refractivity contribution < 1.29 is 9.59 Å². The van der Waals surface area contributed by atoms with Crippen LogP contribution in [0.5, 0.6) is 0 Å². The summed E-state index contributed by atoms with van der Waals surface area (Å²) in [5.74, 6) is 1.31. The molecular weight excluding hydrogens is 254 g/mol. The lowest BCUT2D eigenvalue weighted by Crippen LogP contribution is -2.44. The van der Waals surface area contributed by atoms with E-state index in [1.54, 1.807) is 14.0 Å². The Morgan fingerprint density at radius 1 is 1.05 bits per heavy atom. The molecule has 0 aromatic carbocycles. The van der Waals surface area contributed by atoms with Gasteiger partial charge in [0.05, 0.1) is 0 Å². The minimum Gasteiger partial charge on any atom is -0.359 e. The summed E-state index contributed by atoms with van der Waals surface area (Å²) in [4.78, 5) is 27.3. The van der Waals surface area contributed by atoms with Crippen LogP contribution in [-0.4, -0.2) is 61.4 Å². The van der Waals surface area contributed by atoms with E-state index in [-0.39, 0.29) is 17.7 Å². The Kier molecular flexibility index (Phi) is 5.40. The summed E-state index contributed by atoms with van der Waals surface area (Å²) in [7, 11) is 1.72. The Labute approximate surface area is 121 Å². The van der Waals surface area contributed by atoms with Gasteiger partial charge < -0.3 is 15.1 Å². The monoisotopic (exact) mass is 281 g/mol. The van der Waals surface area contributed by atoms with Crippen LogP contribution in [0.4, 0.5) is 0 Å². The van der Waals surface area contributed by atoms with Gasteiger partial charge in [-0.25, -0.2) is 0 Å². The van der Waals surface area contributed by atoms with Crippen molar-refractivity contribution in [2.75, 3.05) is 39.8 Å². The minimum absolute atomic E-state index is 0.194. The quantitative estimate of drug-likeness (QED) is 0.828. The molecule has 0 aliphatic carbocycles. The number of likely N-dealkylation sites (tertiary alicyclic amines) is 2. The third kappa shape index (κ3) is 3.95. The zero-order valence-corrected chi connectivity index (χ0v) is 12.7. The van der Waals surface area contributed by atoms with Crippen LogP contribution in [0.15, 0.2) is 0 Å². The summed E-state index contributed by atoms with van der Waals surface area (Å²) in [6, 6.07) is 0. The summed E-state index contributed by atoms with van der Waals surface area (Å²) in [6.07, 6.45) is 4.20. The Morgan fingerprint density at radius 3 is 2.15 bits per heavy atom. The number of nitrogens with one attached hydrogen (secondary N) is 1. The highest BCUT2D eigenvalue weighted by Gasteiger charge is 2.27. The average molecular weight is 281 g/mol. The van der Waals surface area contributed by atoms with E-state index >= 15 is 0 Å². The van der Waals surface area contributed by atoms with Crippen molar-refractivity contribution in [2.24, 2.45) is 11.8 Å². The van der Waals surface area contributed by atoms with E-state index < -0.39 is 0 Å². The van der Waals surface area contributed by atoms with Gasteiger partial charge in [-0.1, -0.05) is 0 Å². The highest BCUT2D eigenvalue weighted by molar-refractivity contribution is 5.78. The maximum Gasteiger partial charge on any atom is 0.222 e. The fourth-order valence-electron chi connectivity index (χ4n) is 3.38. The Balaban J connectivity index is 1.69. The smallest absolute Gasteiger partial charge is 0.222 e. The number of hydrogen-bond donors (Lipinski definition) is 1. The Bertz CT molecular complexity index is 343. The highest BCUT2D eigenvalue weighted by atomic mass is 16.2. The van der Waals surface area contributed by atoms with Gasteiger partial charge >= 0.3 is 0 Å². The molecule has 2 aliphatic rings. The van der Waals surface area contributed by atoms with Crippen molar-refractivity contribution in [1.29, 1.82) is 0 Å². The van der Waals surface area contributed by atoms with E-state index in [2.05, 4.69) is 10.2 Å². The number of piperidine rings is 2. The fourth-order valence-corrected chi connectivity index (χ4v) is 3.38. The van der Waals surface area contributed by atoms with Gasteiger partial charge in [0.25, 0.3) is 0 Å². The van der Waals surface area contributed by atoms with E-state index in [4.69, 9.17) is 0 Å². The van der Waals surface area contributed by atoms with Crippen LogP contribution < -0.4 is 5.32 Å². The second-order valence-electron chi connectivity index (χ2n) is 6.14. The lowest BCUT2D eigenvalue weighted by Gasteiger charge is -2.37. The van der Waals surface area contributed by atoms with Gasteiger partial charge in [0.2, 0.25) is 11.8 Å². The molecule has 2 aliphatic heterocycles. The number of nitrogens with zero attached hydrogens (tertiary/aromatic N) is 2. The van der Waals surface area contributed by atoms with Gasteiger partial charge in [0, 0.05) is 39.5 Å². The molecule has 1 N–H and O–H groups in total. The molecule has 0 aromatic rings. The zero-order valence-electron chi connectivity index (χ0n) is 12.7.